The maximum atomic E-state index is 5.64. The largest absolute Gasteiger partial charge is 0.493 e. The molecular weight excluding hydrogens is 681 g/mol. The molecule has 2 aliphatic rings. The van der Waals surface area contributed by atoms with E-state index in [9.17, 15) is 0 Å². The molecule has 0 spiro atoms. The molecule has 10 nitrogen and oxygen atoms in total. The Labute approximate surface area is 318 Å². The van der Waals surface area contributed by atoms with Gasteiger partial charge in [-0.25, -0.2) is 0 Å². The van der Waals surface area contributed by atoms with Gasteiger partial charge in [-0.1, -0.05) is 6.07 Å². The molecule has 0 unspecified atom stereocenters. The van der Waals surface area contributed by atoms with E-state index >= 15 is 0 Å². The molecule has 0 amide bonds. The van der Waals surface area contributed by atoms with Crippen molar-refractivity contribution in [3.63, 3.8) is 0 Å². The summed E-state index contributed by atoms with van der Waals surface area (Å²) in [6.45, 7) is 3.64. The molecule has 5 aromatic rings. The van der Waals surface area contributed by atoms with Crippen molar-refractivity contribution in [3.8, 4) is 57.0 Å². The zero-order valence-corrected chi connectivity index (χ0v) is 32.2. The van der Waals surface area contributed by atoms with Gasteiger partial charge in [0, 0.05) is 61.4 Å². The summed E-state index contributed by atoms with van der Waals surface area (Å²) in [5, 5.41) is 0. The van der Waals surface area contributed by atoms with Crippen LogP contribution < -0.4 is 33.3 Å². The minimum absolute atomic E-state index is 0.394. The van der Waals surface area contributed by atoms with E-state index in [1.165, 1.54) is 40.8 Å². The van der Waals surface area contributed by atoms with E-state index in [-0.39, 0.29) is 0 Å². The van der Waals surface area contributed by atoms with Gasteiger partial charge in [0.25, 0.3) is 0 Å². The number of hydrogen-bond donors (Lipinski definition) is 0. The SMILES string of the molecule is COc1cc(-c2cc(CN3CCC(N(Cc4ccnc(-c5cc(OC)c(OC)c(OC)c5)c4)c4ccc5c(c4)CCC5)CC3)ccn2)cc(OC)c1OC. The average Bonchev–Trinajstić information content (AvgIpc) is 3.70. The number of nitrogens with zero attached hydrogens (tertiary/aromatic N) is 4. The molecule has 1 saturated heterocycles. The Hall–Kier alpha value is -5.48. The third kappa shape index (κ3) is 7.75. The highest BCUT2D eigenvalue weighted by atomic mass is 16.5. The van der Waals surface area contributed by atoms with Crippen molar-refractivity contribution in [2.75, 3.05) is 60.6 Å². The predicted molar refractivity (Wildman–Crippen MR) is 212 cm³/mol. The van der Waals surface area contributed by atoms with Crippen LogP contribution >= 0.6 is 0 Å². The average molecular weight is 731 g/mol. The lowest BCUT2D eigenvalue weighted by Crippen LogP contribution is -2.44. The lowest BCUT2D eigenvalue weighted by Gasteiger charge is -2.40. The van der Waals surface area contributed by atoms with Crippen LogP contribution in [-0.4, -0.2) is 76.7 Å². The fraction of sp³-hybridized carbons (Fsp3) is 0.364. The third-order valence-electron chi connectivity index (χ3n) is 10.7. The van der Waals surface area contributed by atoms with E-state index in [1.807, 2.05) is 36.7 Å². The molecule has 7 rings (SSSR count). The van der Waals surface area contributed by atoms with E-state index in [1.54, 1.807) is 42.7 Å². The van der Waals surface area contributed by atoms with Crippen LogP contribution in [-0.2, 0) is 25.9 Å². The number of piperidine rings is 1. The summed E-state index contributed by atoms with van der Waals surface area (Å²) >= 11 is 0. The van der Waals surface area contributed by atoms with Crippen molar-refractivity contribution in [1.82, 2.24) is 14.9 Å². The Morgan fingerprint density at radius 2 is 1.11 bits per heavy atom. The van der Waals surface area contributed by atoms with E-state index in [0.717, 1.165) is 68.0 Å². The molecule has 1 aliphatic heterocycles. The van der Waals surface area contributed by atoms with Crippen molar-refractivity contribution in [2.45, 2.75) is 51.2 Å². The molecule has 3 heterocycles. The van der Waals surface area contributed by atoms with Crippen LogP contribution in [0.25, 0.3) is 22.5 Å². The molecule has 10 heteroatoms. The number of ether oxygens (including phenoxy) is 6. The maximum absolute atomic E-state index is 5.64. The number of fused-ring (bicyclic) bond motifs is 1. The minimum atomic E-state index is 0.394. The zero-order valence-electron chi connectivity index (χ0n) is 32.2. The van der Waals surface area contributed by atoms with E-state index < -0.39 is 0 Å². The van der Waals surface area contributed by atoms with Gasteiger partial charge in [0.05, 0.1) is 54.0 Å². The smallest absolute Gasteiger partial charge is 0.203 e. The van der Waals surface area contributed by atoms with Gasteiger partial charge in [0.15, 0.2) is 23.0 Å². The fourth-order valence-electron chi connectivity index (χ4n) is 7.93. The molecule has 3 aromatic carbocycles. The van der Waals surface area contributed by atoms with Crippen molar-refractivity contribution in [2.24, 2.45) is 0 Å². The Morgan fingerprint density at radius 1 is 0.593 bits per heavy atom. The summed E-state index contributed by atoms with van der Waals surface area (Å²) in [5.74, 6) is 3.57. The second-order valence-electron chi connectivity index (χ2n) is 13.9. The molecule has 282 valence electrons. The van der Waals surface area contributed by atoms with Crippen molar-refractivity contribution in [3.05, 3.63) is 101 Å². The first kappa shape index (κ1) is 36.9. The number of benzene rings is 3. The Morgan fingerprint density at radius 3 is 1.65 bits per heavy atom. The lowest BCUT2D eigenvalue weighted by atomic mass is 9.99. The second kappa shape index (κ2) is 16.7. The van der Waals surface area contributed by atoms with Gasteiger partial charge in [-0.05, 0) is 115 Å². The van der Waals surface area contributed by atoms with Gasteiger partial charge in [0.2, 0.25) is 11.5 Å². The summed E-state index contributed by atoms with van der Waals surface area (Å²) in [5.41, 5.74) is 10.3. The number of aromatic nitrogens is 2. The first-order valence-electron chi connectivity index (χ1n) is 18.6. The minimum Gasteiger partial charge on any atom is -0.493 e. The van der Waals surface area contributed by atoms with E-state index in [2.05, 4.69) is 52.3 Å². The van der Waals surface area contributed by atoms with Crippen LogP contribution in [0.3, 0.4) is 0 Å². The number of rotatable bonds is 14. The molecule has 0 saturated carbocycles. The van der Waals surface area contributed by atoms with Gasteiger partial charge in [-0.2, -0.15) is 0 Å². The third-order valence-corrected chi connectivity index (χ3v) is 10.7. The van der Waals surface area contributed by atoms with Crippen molar-refractivity contribution < 1.29 is 28.4 Å². The second-order valence-corrected chi connectivity index (χ2v) is 13.9. The van der Waals surface area contributed by atoms with E-state index in [4.69, 9.17) is 38.4 Å². The van der Waals surface area contributed by atoms with Crippen LogP contribution in [0.5, 0.6) is 34.5 Å². The standard InChI is InChI=1S/C44H50N4O6/c1-49-39-23-33(24-40(50-2)43(39)53-5)37-20-29(12-16-45-37)27-47-18-14-35(15-19-47)48(36-11-10-31-8-7-9-32(31)22-36)28-30-13-17-46-38(21-30)34-25-41(51-3)44(54-6)42(26-34)52-4/h10-13,16-17,20-26,35H,7-9,14-15,18-19,27-28H2,1-6H3. The number of aryl methyl sites for hydroxylation is 2. The summed E-state index contributed by atoms with van der Waals surface area (Å²) in [7, 11) is 9.76. The van der Waals surface area contributed by atoms with Gasteiger partial charge in [-0.3, -0.25) is 14.9 Å². The first-order valence-corrected chi connectivity index (χ1v) is 18.6. The molecule has 1 aliphatic carbocycles. The van der Waals surface area contributed by atoms with Crippen LogP contribution in [0.15, 0.2) is 79.1 Å². The molecule has 0 atom stereocenters. The Balaban J connectivity index is 1.10. The summed E-state index contributed by atoms with van der Waals surface area (Å²) in [6, 6.07) is 23.9. The molecule has 2 aromatic heterocycles. The molecular formula is C44H50N4O6. The fourth-order valence-corrected chi connectivity index (χ4v) is 7.93. The topological polar surface area (TPSA) is 87.6 Å². The normalized spacial score (nSPS) is 14.3. The van der Waals surface area contributed by atoms with Crippen LogP contribution in [0.4, 0.5) is 5.69 Å². The van der Waals surface area contributed by atoms with Gasteiger partial charge >= 0.3 is 0 Å². The number of likely N-dealkylation sites (tertiary alicyclic amines) is 1. The molecule has 54 heavy (non-hydrogen) atoms. The lowest BCUT2D eigenvalue weighted by molar-refractivity contribution is 0.201. The maximum Gasteiger partial charge on any atom is 0.203 e. The van der Waals surface area contributed by atoms with Gasteiger partial charge in [0.1, 0.15) is 0 Å². The van der Waals surface area contributed by atoms with E-state index in [0.29, 0.717) is 40.5 Å². The van der Waals surface area contributed by atoms with Gasteiger partial charge in [-0.15, -0.1) is 0 Å². The van der Waals surface area contributed by atoms with Crippen molar-refractivity contribution in [1.29, 1.82) is 0 Å². The predicted octanol–water partition coefficient (Wildman–Crippen LogP) is 8.02. The quantitative estimate of drug-likeness (QED) is 0.112. The monoisotopic (exact) mass is 730 g/mol. The molecule has 0 N–H and O–H groups in total. The Kier molecular flexibility index (Phi) is 11.4. The van der Waals surface area contributed by atoms with Crippen LogP contribution in [0.2, 0.25) is 0 Å². The highest BCUT2D eigenvalue weighted by Gasteiger charge is 2.27. The highest BCUT2D eigenvalue weighted by molar-refractivity contribution is 5.70. The summed E-state index contributed by atoms with van der Waals surface area (Å²) in [4.78, 5) is 14.6. The number of hydrogen-bond acceptors (Lipinski definition) is 10. The number of methoxy groups -OCH3 is 6. The van der Waals surface area contributed by atoms with Crippen LogP contribution in [0, 0.1) is 0 Å². The highest BCUT2D eigenvalue weighted by Crippen LogP contribution is 2.42. The summed E-state index contributed by atoms with van der Waals surface area (Å²) in [6.07, 6.45) is 9.47. The van der Waals surface area contributed by atoms with Crippen molar-refractivity contribution >= 4 is 5.69 Å². The molecule has 0 bridgehead atoms. The molecule has 0 radical (unpaired) electrons. The Bertz CT molecular complexity index is 2030. The zero-order chi connectivity index (χ0) is 37.6. The van der Waals surface area contributed by atoms with Crippen LogP contribution in [0.1, 0.15) is 41.5 Å². The number of pyridine rings is 2. The van der Waals surface area contributed by atoms with Gasteiger partial charge < -0.3 is 33.3 Å². The first-order chi connectivity index (χ1) is 26.4. The number of anilines is 1. The summed E-state index contributed by atoms with van der Waals surface area (Å²) < 4.78 is 33.6. The molecule has 1 fully saturated rings.